The van der Waals surface area contributed by atoms with Gasteiger partial charge in [-0.25, -0.2) is 9.55 Å². The number of nitrogens with zero attached hydrogens (tertiary/aromatic N) is 2. The van der Waals surface area contributed by atoms with Crippen molar-refractivity contribution >= 4 is 47.4 Å². The molecule has 1 amide bonds. The molecule has 2 aromatic carbocycles. The summed E-state index contributed by atoms with van der Waals surface area (Å²) >= 11 is 1.92. The van der Waals surface area contributed by atoms with Crippen LogP contribution in [0.3, 0.4) is 0 Å². The minimum Gasteiger partial charge on any atom is -0.349 e. The van der Waals surface area contributed by atoms with Crippen molar-refractivity contribution in [2.24, 2.45) is 0 Å². The monoisotopic (exact) mass is 594 g/mol. The number of fused-ring (bicyclic) bond motifs is 3. The van der Waals surface area contributed by atoms with Crippen LogP contribution in [0.4, 0.5) is 0 Å². The van der Waals surface area contributed by atoms with Crippen molar-refractivity contribution in [3.05, 3.63) is 59.3 Å². The van der Waals surface area contributed by atoms with Crippen LogP contribution in [0.5, 0.6) is 0 Å². The molecule has 4 aromatic rings. The number of pyridine rings is 1. The normalized spacial score (nSPS) is 17.0. The Morgan fingerprint density at radius 2 is 1.95 bits per heavy atom. The Bertz CT molecular complexity index is 1660. The number of carbonyl (C=O) groups is 1. The van der Waals surface area contributed by atoms with Crippen LogP contribution in [0.15, 0.2) is 47.5 Å². The highest BCUT2D eigenvalue weighted by Gasteiger charge is 2.26. The number of carbonyl (C=O) groups excluding carboxylic acids is 1. The lowest BCUT2D eigenvalue weighted by Gasteiger charge is -2.32. The zero-order valence-electron chi connectivity index (χ0n) is 23.2. The zero-order chi connectivity index (χ0) is 28.7. The van der Waals surface area contributed by atoms with E-state index in [1.807, 2.05) is 37.9 Å². The molecule has 6 rings (SSSR count). The van der Waals surface area contributed by atoms with Crippen molar-refractivity contribution in [1.82, 2.24) is 20.2 Å². The highest BCUT2D eigenvalue weighted by Crippen LogP contribution is 2.42. The third-order valence-corrected chi connectivity index (χ3v) is 9.78. The van der Waals surface area contributed by atoms with Crippen molar-refractivity contribution in [2.45, 2.75) is 55.7 Å². The number of phosphoric ester groups is 1. The molecule has 0 spiro atoms. The largest absolute Gasteiger partial charge is 0.469 e. The van der Waals surface area contributed by atoms with Gasteiger partial charge in [0.25, 0.3) is 5.91 Å². The highest BCUT2D eigenvalue weighted by atomic mass is 32.2. The molecule has 0 bridgehead atoms. The third-order valence-electron chi connectivity index (χ3n) is 7.93. The Hall–Kier alpha value is -2.72. The maximum absolute atomic E-state index is 13.7. The van der Waals surface area contributed by atoms with Gasteiger partial charge in [-0.05, 0) is 86.1 Å². The van der Waals surface area contributed by atoms with Crippen LogP contribution < -0.4 is 5.32 Å². The van der Waals surface area contributed by atoms with E-state index < -0.39 is 7.82 Å². The predicted molar refractivity (Wildman–Crippen MR) is 162 cm³/mol. The number of amides is 1. The van der Waals surface area contributed by atoms with E-state index >= 15 is 0 Å². The molecule has 1 aliphatic heterocycles. The van der Waals surface area contributed by atoms with Gasteiger partial charge < -0.3 is 25.0 Å². The van der Waals surface area contributed by atoms with Crippen molar-refractivity contribution in [3.8, 4) is 11.1 Å². The fourth-order valence-electron chi connectivity index (χ4n) is 5.63. The molecule has 0 atom stereocenters. The summed E-state index contributed by atoms with van der Waals surface area (Å²) in [4.78, 5) is 43.0. The second-order valence-corrected chi connectivity index (χ2v) is 13.8. The smallest absolute Gasteiger partial charge is 0.349 e. The molecule has 9 nitrogen and oxygen atoms in total. The van der Waals surface area contributed by atoms with Crippen LogP contribution in [0, 0.1) is 13.8 Å². The highest BCUT2D eigenvalue weighted by molar-refractivity contribution is 8.00. The summed E-state index contributed by atoms with van der Waals surface area (Å²) < 4.78 is 15.5. The fourth-order valence-corrected chi connectivity index (χ4v) is 7.06. The summed E-state index contributed by atoms with van der Waals surface area (Å²) in [6.45, 7) is 5.89. The van der Waals surface area contributed by atoms with Crippen molar-refractivity contribution in [3.63, 3.8) is 0 Å². The van der Waals surface area contributed by atoms with Crippen LogP contribution in [-0.4, -0.2) is 68.1 Å². The van der Waals surface area contributed by atoms with E-state index in [1.54, 1.807) is 0 Å². The molecule has 11 heteroatoms. The molecule has 216 valence electrons. The average Bonchev–Trinajstić information content (AvgIpc) is 3.67. The molecule has 3 heterocycles. The van der Waals surface area contributed by atoms with Gasteiger partial charge in [-0.3, -0.25) is 9.32 Å². The number of hydrogen-bond donors (Lipinski definition) is 4. The minimum absolute atomic E-state index is 0.0188. The fraction of sp³-hybridized carbons (Fsp3) is 0.400. The van der Waals surface area contributed by atoms with Crippen LogP contribution in [0.1, 0.15) is 47.2 Å². The number of aromatic nitrogens is 2. The van der Waals surface area contributed by atoms with E-state index in [0.717, 1.165) is 70.1 Å². The Morgan fingerprint density at radius 3 is 2.68 bits per heavy atom. The number of benzene rings is 2. The Morgan fingerprint density at radius 1 is 1.17 bits per heavy atom. The van der Waals surface area contributed by atoms with Gasteiger partial charge in [0.15, 0.2) is 0 Å². The van der Waals surface area contributed by atoms with E-state index in [9.17, 15) is 9.36 Å². The topological polar surface area (TPSA) is 128 Å². The average molecular weight is 595 g/mol. The number of hydrogen-bond acceptors (Lipinski definition) is 6. The second kappa shape index (κ2) is 11.5. The number of nitrogens with one attached hydrogen (secondary N) is 2. The molecule has 2 aromatic heterocycles. The summed E-state index contributed by atoms with van der Waals surface area (Å²) in [6.07, 6.45) is 5.90. The van der Waals surface area contributed by atoms with Crippen LogP contribution in [0.25, 0.3) is 33.1 Å². The van der Waals surface area contributed by atoms with Crippen molar-refractivity contribution < 1.29 is 23.7 Å². The van der Waals surface area contributed by atoms with Gasteiger partial charge >= 0.3 is 7.82 Å². The number of thioether (sulfide) groups is 1. The summed E-state index contributed by atoms with van der Waals surface area (Å²) in [7, 11) is -4.46. The minimum atomic E-state index is -4.46. The first-order valence-corrected chi connectivity index (χ1v) is 16.5. The molecule has 1 saturated carbocycles. The van der Waals surface area contributed by atoms with E-state index in [4.69, 9.17) is 9.79 Å². The molecule has 0 radical (unpaired) electrons. The molecular weight excluding hydrogens is 559 g/mol. The summed E-state index contributed by atoms with van der Waals surface area (Å²) in [5, 5.41) is 6.10. The molecule has 41 heavy (non-hydrogen) atoms. The number of phosphoric acid groups is 1. The van der Waals surface area contributed by atoms with E-state index in [1.165, 1.54) is 17.7 Å². The van der Waals surface area contributed by atoms with Crippen molar-refractivity contribution in [1.29, 1.82) is 0 Å². The van der Waals surface area contributed by atoms with Gasteiger partial charge in [0.2, 0.25) is 0 Å². The molecule has 2 aliphatic rings. The molecule has 1 aliphatic carbocycles. The van der Waals surface area contributed by atoms with Gasteiger partial charge in [0.05, 0.1) is 12.1 Å². The van der Waals surface area contributed by atoms with Crippen LogP contribution >= 0.6 is 19.6 Å². The van der Waals surface area contributed by atoms with Crippen LogP contribution in [0.2, 0.25) is 0 Å². The number of aromatic amines is 1. The number of H-pyrrole nitrogens is 1. The summed E-state index contributed by atoms with van der Waals surface area (Å²) in [6, 6.07) is 12.8. The Labute approximate surface area is 243 Å². The maximum Gasteiger partial charge on any atom is 0.469 e. The first-order valence-electron chi connectivity index (χ1n) is 14.1. The molecule has 0 unspecified atom stereocenters. The van der Waals surface area contributed by atoms with Gasteiger partial charge in [-0.1, -0.05) is 12.1 Å². The lowest BCUT2D eigenvalue weighted by molar-refractivity contribution is 0.0898. The van der Waals surface area contributed by atoms with Gasteiger partial charge in [-0.15, -0.1) is 11.8 Å². The molecule has 4 N–H and O–H groups in total. The molecule has 1 saturated heterocycles. The number of piperidine rings is 1. The Kier molecular flexibility index (Phi) is 7.98. The van der Waals surface area contributed by atoms with E-state index in [2.05, 4.69) is 55.0 Å². The lowest BCUT2D eigenvalue weighted by Crippen LogP contribution is -2.45. The van der Waals surface area contributed by atoms with Gasteiger partial charge in [0, 0.05) is 58.4 Å². The van der Waals surface area contributed by atoms with E-state index in [0.29, 0.717) is 17.4 Å². The van der Waals surface area contributed by atoms with Gasteiger partial charge in [0.1, 0.15) is 5.65 Å². The quantitative estimate of drug-likeness (QED) is 0.186. The SMILES string of the molecule is Cc1cnc2[nH]c3c(C)c(C(=O)NC4CCN(CCOP(=O)(O)O)CC4)cc(-c4cccc(SC5CC5)c4)c3c2c1. The standard InChI is InChI=1S/C30H35N4O5PS/c1-18-14-26-27-25(20-4-3-5-23(15-20)41-22-6-7-22)16-24(19(2)28(27)33-29(26)31-17-18)30(35)32-21-8-10-34(11-9-21)12-13-39-40(36,37)38/h3-5,14-17,21-22H,6-13H2,1-2H3,(H,31,33)(H,32,35)(H2,36,37,38). The number of aryl methyl sites for hydroxylation is 2. The zero-order valence-corrected chi connectivity index (χ0v) is 24.9. The second-order valence-electron chi connectivity index (χ2n) is 11.1. The Balaban J connectivity index is 1.28. The maximum atomic E-state index is 13.7. The molecular formula is C30H35N4O5PS. The predicted octanol–water partition coefficient (Wildman–Crippen LogP) is 5.56. The first-order chi connectivity index (χ1) is 19.6. The number of likely N-dealkylation sites (tertiary alicyclic amines) is 1. The van der Waals surface area contributed by atoms with Crippen LogP contribution in [-0.2, 0) is 9.09 Å². The lowest BCUT2D eigenvalue weighted by atomic mass is 9.93. The molecule has 2 fully saturated rings. The number of rotatable bonds is 9. The summed E-state index contributed by atoms with van der Waals surface area (Å²) in [5.74, 6) is -0.0970. The van der Waals surface area contributed by atoms with E-state index in [-0.39, 0.29) is 18.6 Å². The third kappa shape index (κ3) is 6.53. The van der Waals surface area contributed by atoms with Gasteiger partial charge in [-0.2, -0.15) is 0 Å². The van der Waals surface area contributed by atoms with Crippen molar-refractivity contribution in [2.75, 3.05) is 26.2 Å². The first kappa shape index (κ1) is 28.4. The summed E-state index contributed by atoms with van der Waals surface area (Å²) in [5.41, 5.74) is 6.48.